The minimum atomic E-state index is 1.13. The third-order valence-corrected chi connectivity index (χ3v) is 17.4. The average molecular weight is 1090 g/mol. The van der Waals surface area contributed by atoms with Crippen molar-refractivity contribution < 1.29 is 0 Å². The molecule has 2 nitrogen and oxygen atoms in total. The summed E-state index contributed by atoms with van der Waals surface area (Å²) in [7, 11) is 0. The molecular weight excluding hydrogens is 1040 g/mol. The highest BCUT2D eigenvalue weighted by molar-refractivity contribution is 6.13. The highest BCUT2D eigenvalue weighted by Crippen LogP contribution is 2.40. The first kappa shape index (κ1) is 50.4. The molecule has 16 rings (SSSR count). The van der Waals surface area contributed by atoms with Gasteiger partial charge in [0, 0.05) is 32.9 Å². The summed E-state index contributed by atoms with van der Waals surface area (Å²) in [4.78, 5) is 0. The van der Waals surface area contributed by atoms with E-state index in [-0.39, 0.29) is 0 Å². The lowest BCUT2D eigenvalue weighted by atomic mass is 9.94. The summed E-state index contributed by atoms with van der Waals surface area (Å²) in [6.07, 6.45) is 0. The Balaban J connectivity index is 0.636. The maximum absolute atomic E-state index is 2.42. The highest BCUT2D eigenvalue weighted by atomic mass is 15.0. The molecule has 0 saturated heterocycles. The molecule has 0 saturated carbocycles. The molecule has 0 aliphatic heterocycles. The summed E-state index contributed by atoms with van der Waals surface area (Å²) in [5, 5.41) is 4.95. The zero-order chi connectivity index (χ0) is 56.9. The summed E-state index contributed by atoms with van der Waals surface area (Å²) in [5.41, 5.74) is 28.7. The van der Waals surface area contributed by atoms with E-state index < -0.39 is 0 Å². The molecule has 402 valence electrons. The van der Waals surface area contributed by atoms with Crippen LogP contribution in [0.1, 0.15) is 0 Å². The van der Waals surface area contributed by atoms with Gasteiger partial charge in [-0.3, -0.25) is 0 Å². The van der Waals surface area contributed by atoms with E-state index >= 15 is 0 Å². The third-order valence-electron chi connectivity index (χ3n) is 17.4. The van der Waals surface area contributed by atoms with Gasteiger partial charge in [-0.1, -0.05) is 267 Å². The van der Waals surface area contributed by atoms with E-state index in [0.29, 0.717) is 0 Å². The maximum Gasteiger partial charge on any atom is 0.0541 e. The van der Waals surface area contributed by atoms with Gasteiger partial charge in [0.1, 0.15) is 0 Å². The van der Waals surface area contributed by atoms with Gasteiger partial charge in [-0.05, 0) is 173 Å². The van der Waals surface area contributed by atoms with Crippen molar-refractivity contribution in [3.8, 4) is 112 Å². The first-order chi connectivity index (χ1) is 42.6. The summed E-state index contributed by atoms with van der Waals surface area (Å²) < 4.78 is 4.84. The fraction of sp³-hybridized carbons (Fsp3) is 0. The number of aromatic nitrogens is 2. The van der Waals surface area contributed by atoms with Crippen LogP contribution >= 0.6 is 0 Å². The summed E-state index contributed by atoms with van der Waals surface area (Å²) >= 11 is 0. The van der Waals surface area contributed by atoms with Crippen molar-refractivity contribution in [2.24, 2.45) is 0 Å². The van der Waals surface area contributed by atoms with E-state index in [1.807, 2.05) is 0 Å². The smallest absolute Gasteiger partial charge is 0.0541 e. The molecule has 14 aromatic carbocycles. The Kier molecular flexibility index (Phi) is 12.6. The molecule has 0 N–H and O–H groups in total. The standard InChI is InChI=1S/C84H56N2/c1-3-15-57(16-4-1)59-31-33-60(34-32-59)61-35-41-64(42-36-61)67-19-11-21-69(51-67)70-22-12-20-68(52-70)65-43-37-62(38-44-65)63-39-45-66(46-40-63)72-24-14-26-76(54-72)86-82-30-10-8-28-78(82)80-56-74(48-50-84(80)86)73-47-49-83-79(55-73)77-27-7-9-29-81(77)85(83)75-25-13-23-71(53-75)58-17-5-2-6-18-58/h1-56H. The van der Waals surface area contributed by atoms with E-state index in [9.17, 15) is 0 Å². The van der Waals surface area contributed by atoms with Crippen molar-refractivity contribution in [2.45, 2.75) is 0 Å². The molecular formula is C84H56N2. The monoisotopic (exact) mass is 1090 g/mol. The number of hydrogen-bond acceptors (Lipinski definition) is 0. The van der Waals surface area contributed by atoms with Gasteiger partial charge >= 0.3 is 0 Å². The molecule has 0 aliphatic carbocycles. The Morgan fingerprint density at radius 1 is 0.128 bits per heavy atom. The second-order valence-electron chi connectivity index (χ2n) is 22.5. The minimum Gasteiger partial charge on any atom is -0.309 e. The largest absolute Gasteiger partial charge is 0.309 e. The van der Waals surface area contributed by atoms with Crippen molar-refractivity contribution >= 4 is 43.6 Å². The number of nitrogens with zero attached hydrogens (tertiary/aromatic N) is 2. The predicted octanol–water partition coefficient (Wildman–Crippen LogP) is 22.9. The number of para-hydroxylation sites is 2. The van der Waals surface area contributed by atoms with Gasteiger partial charge in [0.05, 0.1) is 22.1 Å². The molecule has 2 aromatic heterocycles. The van der Waals surface area contributed by atoms with Crippen LogP contribution in [0.2, 0.25) is 0 Å². The van der Waals surface area contributed by atoms with Crippen LogP contribution in [-0.2, 0) is 0 Å². The molecule has 0 atom stereocenters. The molecule has 0 aliphatic rings. The highest BCUT2D eigenvalue weighted by Gasteiger charge is 2.18. The predicted molar refractivity (Wildman–Crippen MR) is 364 cm³/mol. The van der Waals surface area contributed by atoms with Gasteiger partial charge in [-0.2, -0.15) is 0 Å². The summed E-state index contributed by atoms with van der Waals surface area (Å²) in [6.45, 7) is 0. The lowest BCUT2D eigenvalue weighted by molar-refractivity contribution is 1.18. The Bertz CT molecular complexity index is 5160. The van der Waals surface area contributed by atoms with E-state index in [4.69, 9.17) is 0 Å². The number of fused-ring (bicyclic) bond motifs is 6. The minimum absolute atomic E-state index is 1.13. The molecule has 2 heterocycles. The molecule has 0 unspecified atom stereocenters. The first-order valence-corrected chi connectivity index (χ1v) is 29.6. The molecule has 0 radical (unpaired) electrons. The topological polar surface area (TPSA) is 9.86 Å². The zero-order valence-electron chi connectivity index (χ0n) is 47.2. The van der Waals surface area contributed by atoms with Crippen LogP contribution in [0.3, 0.4) is 0 Å². The van der Waals surface area contributed by atoms with Crippen molar-refractivity contribution in [2.75, 3.05) is 0 Å². The van der Waals surface area contributed by atoms with Crippen molar-refractivity contribution in [3.63, 3.8) is 0 Å². The Hall–Kier alpha value is -11.3. The first-order valence-electron chi connectivity index (χ1n) is 29.6. The molecule has 16 aromatic rings. The van der Waals surface area contributed by atoms with E-state index in [1.165, 1.54) is 144 Å². The fourth-order valence-electron chi connectivity index (χ4n) is 12.9. The third kappa shape index (κ3) is 9.27. The average Bonchev–Trinajstić information content (AvgIpc) is 3.47. The fourth-order valence-corrected chi connectivity index (χ4v) is 12.9. The summed E-state index contributed by atoms with van der Waals surface area (Å²) in [6, 6.07) is 124. The molecule has 0 fully saturated rings. The Morgan fingerprint density at radius 2 is 0.349 bits per heavy atom. The van der Waals surface area contributed by atoms with Crippen molar-refractivity contribution in [1.82, 2.24) is 9.13 Å². The Labute approximate surface area is 501 Å². The van der Waals surface area contributed by atoms with Gasteiger partial charge in [-0.25, -0.2) is 0 Å². The van der Waals surface area contributed by atoms with Crippen LogP contribution in [-0.4, -0.2) is 9.13 Å². The van der Waals surface area contributed by atoms with Crippen LogP contribution in [0.15, 0.2) is 340 Å². The second-order valence-corrected chi connectivity index (χ2v) is 22.5. The van der Waals surface area contributed by atoms with Crippen LogP contribution in [0.25, 0.3) is 155 Å². The number of benzene rings is 14. The number of hydrogen-bond donors (Lipinski definition) is 0. The molecule has 0 spiro atoms. The Morgan fingerprint density at radius 3 is 0.709 bits per heavy atom. The lowest BCUT2D eigenvalue weighted by Gasteiger charge is -2.12. The zero-order valence-corrected chi connectivity index (χ0v) is 47.2. The maximum atomic E-state index is 2.42. The summed E-state index contributed by atoms with van der Waals surface area (Å²) in [5.74, 6) is 0. The SMILES string of the molecule is c1ccc(-c2ccc(-c3ccc(-c4cccc(-c5cccc(-c6ccc(-c7ccc(-c8cccc(-n9c%10ccccc%10c%10cc(-c%11ccc%12c(c%11)c%11ccccc%11n%12-c%11cccc(-c%12ccccc%12)c%11)ccc%109)c8)cc7)cc6)c5)c4)cc3)cc2)cc1. The van der Waals surface area contributed by atoms with E-state index in [0.717, 1.165) is 11.4 Å². The van der Waals surface area contributed by atoms with Crippen LogP contribution in [0.4, 0.5) is 0 Å². The van der Waals surface area contributed by atoms with Gasteiger partial charge in [-0.15, -0.1) is 0 Å². The van der Waals surface area contributed by atoms with Gasteiger partial charge in [0.15, 0.2) is 0 Å². The number of rotatable bonds is 11. The van der Waals surface area contributed by atoms with Gasteiger partial charge < -0.3 is 9.13 Å². The quantitative estimate of drug-likeness (QED) is 0.122. The van der Waals surface area contributed by atoms with Crippen molar-refractivity contribution in [3.05, 3.63) is 340 Å². The van der Waals surface area contributed by atoms with Gasteiger partial charge in [0.25, 0.3) is 0 Å². The van der Waals surface area contributed by atoms with E-state index in [1.54, 1.807) is 0 Å². The molecule has 0 amide bonds. The molecule has 0 bridgehead atoms. The molecule has 86 heavy (non-hydrogen) atoms. The van der Waals surface area contributed by atoms with E-state index in [2.05, 4.69) is 349 Å². The second kappa shape index (κ2) is 21.5. The normalized spacial score (nSPS) is 11.5. The van der Waals surface area contributed by atoms with Gasteiger partial charge in [0.2, 0.25) is 0 Å². The van der Waals surface area contributed by atoms with Crippen LogP contribution in [0.5, 0.6) is 0 Å². The van der Waals surface area contributed by atoms with Crippen LogP contribution < -0.4 is 0 Å². The lowest BCUT2D eigenvalue weighted by Crippen LogP contribution is -1.94. The molecule has 2 heteroatoms. The van der Waals surface area contributed by atoms with Crippen molar-refractivity contribution in [1.29, 1.82) is 0 Å². The van der Waals surface area contributed by atoms with Crippen LogP contribution in [0, 0.1) is 0 Å².